The molecule has 1 fully saturated rings. The van der Waals surface area contributed by atoms with Crippen LogP contribution in [-0.2, 0) is 14.4 Å². The average molecular weight is 300 g/mol. The molecule has 8 heteroatoms. The number of hydrogen-bond donors (Lipinski definition) is 4. The summed E-state index contributed by atoms with van der Waals surface area (Å²) in [5.41, 5.74) is 10.7. The van der Waals surface area contributed by atoms with Crippen LogP contribution in [0.2, 0.25) is 0 Å². The number of aliphatic carboxylic acids is 1. The van der Waals surface area contributed by atoms with Gasteiger partial charge in [-0.3, -0.25) is 9.59 Å². The lowest BCUT2D eigenvalue weighted by molar-refractivity contribution is -0.143. The molecule has 1 aliphatic heterocycles. The van der Waals surface area contributed by atoms with Gasteiger partial charge in [0.1, 0.15) is 12.1 Å². The molecule has 0 radical (unpaired) electrons. The average Bonchev–Trinajstić information content (AvgIpc) is 2.94. The van der Waals surface area contributed by atoms with Crippen LogP contribution in [0.1, 0.15) is 32.1 Å². The molecule has 0 spiro atoms. The van der Waals surface area contributed by atoms with E-state index in [2.05, 4.69) is 5.32 Å². The second kappa shape index (κ2) is 8.58. The van der Waals surface area contributed by atoms with E-state index in [1.54, 1.807) is 0 Å². The zero-order valence-electron chi connectivity index (χ0n) is 12.1. The Kier molecular flexibility index (Phi) is 7.10. The summed E-state index contributed by atoms with van der Waals surface area (Å²) < 4.78 is 0. The lowest BCUT2D eigenvalue weighted by Crippen LogP contribution is -2.51. The van der Waals surface area contributed by atoms with Crippen LogP contribution in [-0.4, -0.2) is 59.5 Å². The predicted molar refractivity (Wildman–Crippen MR) is 76.3 cm³/mol. The summed E-state index contributed by atoms with van der Waals surface area (Å²) in [6.07, 6.45) is 2.92. The zero-order valence-corrected chi connectivity index (χ0v) is 12.1. The van der Waals surface area contributed by atoms with Crippen LogP contribution in [0.5, 0.6) is 0 Å². The first-order chi connectivity index (χ1) is 10.0. The fourth-order valence-electron chi connectivity index (χ4n) is 2.47. The van der Waals surface area contributed by atoms with Crippen LogP contribution >= 0.6 is 0 Å². The summed E-state index contributed by atoms with van der Waals surface area (Å²) >= 11 is 0. The maximum Gasteiger partial charge on any atom is 0.326 e. The molecule has 1 rings (SSSR count). The van der Waals surface area contributed by atoms with E-state index in [-0.39, 0.29) is 12.5 Å². The number of carboxylic acid groups (broad SMARTS) is 1. The number of nitrogens with two attached hydrogens (primary N) is 2. The molecule has 21 heavy (non-hydrogen) atoms. The fourth-order valence-corrected chi connectivity index (χ4v) is 2.47. The molecule has 0 aromatic carbocycles. The van der Waals surface area contributed by atoms with Gasteiger partial charge in [0.25, 0.3) is 0 Å². The summed E-state index contributed by atoms with van der Waals surface area (Å²) in [5.74, 6) is -1.79. The van der Waals surface area contributed by atoms with E-state index >= 15 is 0 Å². The second-order valence-corrected chi connectivity index (χ2v) is 5.13. The summed E-state index contributed by atoms with van der Waals surface area (Å²) in [5, 5.41) is 11.7. The topological polar surface area (TPSA) is 139 Å². The molecule has 0 bridgehead atoms. The van der Waals surface area contributed by atoms with Crippen molar-refractivity contribution in [3.63, 3.8) is 0 Å². The van der Waals surface area contributed by atoms with Gasteiger partial charge in [-0.2, -0.15) is 0 Å². The number of nitrogens with one attached hydrogen (secondary N) is 1. The van der Waals surface area contributed by atoms with Crippen molar-refractivity contribution in [1.82, 2.24) is 10.2 Å². The third kappa shape index (κ3) is 4.98. The van der Waals surface area contributed by atoms with Crippen LogP contribution < -0.4 is 16.8 Å². The normalized spacial score (nSPS) is 19.3. The van der Waals surface area contributed by atoms with Crippen molar-refractivity contribution in [3.8, 4) is 0 Å². The van der Waals surface area contributed by atoms with Crippen molar-refractivity contribution in [2.45, 2.75) is 44.2 Å². The van der Waals surface area contributed by atoms with Gasteiger partial charge in [-0.25, -0.2) is 4.79 Å². The Bertz CT molecular complexity index is 388. The van der Waals surface area contributed by atoms with Gasteiger partial charge >= 0.3 is 5.97 Å². The Labute approximate surface area is 123 Å². The van der Waals surface area contributed by atoms with Crippen LogP contribution in [0.25, 0.3) is 0 Å². The summed E-state index contributed by atoms with van der Waals surface area (Å²) in [6.45, 7) is 0.823. The van der Waals surface area contributed by atoms with Crippen LogP contribution in [0.3, 0.4) is 0 Å². The number of carbonyl (C=O) groups is 3. The van der Waals surface area contributed by atoms with Crippen LogP contribution in [0.15, 0.2) is 0 Å². The number of unbranched alkanes of at least 4 members (excludes halogenated alkanes) is 1. The van der Waals surface area contributed by atoms with Gasteiger partial charge < -0.3 is 26.8 Å². The summed E-state index contributed by atoms with van der Waals surface area (Å²) in [6, 6.07) is -1.56. The van der Waals surface area contributed by atoms with E-state index in [0.29, 0.717) is 38.8 Å². The number of hydrogen-bond acceptors (Lipinski definition) is 5. The van der Waals surface area contributed by atoms with Crippen molar-refractivity contribution in [2.75, 3.05) is 19.6 Å². The highest BCUT2D eigenvalue weighted by molar-refractivity contribution is 5.91. The lowest BCUT2D eigenvalue weighted by atomic mass is 10.1. The van der Waals surface area contributed by atoms with E-state index < -0.39 is 24.0 Å². The first-order valence-electron chi connectivity index (χ1n) is 7.24. The van der Waals surface area contributed by atoms with Gasteiger partial charge in [0, 0.05) is 6.54 Å². The Morgan fingerprint density at radius 2 is 2.00 bits per heavy atom. The first-order valence-corrected chi connectivity index (χ1v) is 7.24. The van der Waals surface area contributed by atoms with Crippen molar-refractivity contribution in [3.05, 3.63) is 0 Å². The van der Waals surface area contributed by atoms with E-state index in [1.807, 2.05) is 0 Å². The Balaban J connectivity index is 2.59. The summed E-state index contributed by atoms with van der Waals surface area (Å²) in [4.78, 5) is 36.4. The minimum Gasteiger partial charge on any atom is -0.480 e. The highest BCUT2D eigenvalue weighted by atomic mass is 16.4. The SMILES string of the molecule is NCCCC[C@H](NC(=O)[C@@H]1CCCN1C(=O)CN)C(=O)O. The molecule has 0 aromatic heterocycles. The number of nitrogens with zero attached hydrogens (tertiary/aromatic N) is 1. The molecule has 1 aliphatic rings. The smallest absolute Gasteiger partial charge is 0.326 e. The minimum atomic E-state index is -1.07. The van der Waals surface area contributed by atoms with Crippen molar-refractivity contribution in [2.24, 2.45) is 11.5 Å². The minimum absolute atomic E-state index is 0.150. The number of amides is 2. The zero-order chi connectivity index (χ0) is 15.8. The van der Waals surface area contributed by atoms with Crippen molar-refractivity contribution >= 4 is 17.8 Å². The molecular formula is C13H24N4O4. The standard InChI is InChI=1S/C13H24N4O4/c14-6-2-1-4-9(13(20)21)16-12(19)10-5-3-7-17(10)11(18)8-15/h9-10H,1-8,14-15H2,(H,16,19)(H,20,21)/t9-,10-/m0/s1. The van der Waals surface area contributed by atoms with E-state index in [1.165, 1.54) is 4.90 Å². The fraction of sp³-hybridized carbons (Fsp3) is 0.769. The Morgan fingerprint density at radius 1 is 1.29 bits per heavy atom. The molecule has 2 atom stereocenters. The molecule has 1 heterocycles. The summed E-state index contributed by atoms with van der Waals surface area (Å²) in [7, 11) is 0. The van der Waals surface area contributed by atoms with Gasteiger partial charge in [-0.05, 0) is 38.6 Å². The monoisotopic (exact) mass is 300 g/mol. The predicted octanol–water partition coefficient (Wildman–Crippen LogP) is -1.37. The largest absolute Gasteiger partial charge is 0.480 e. The van der Waals surface area contributed by atoms with Crippen molar-refractivity contribution in [1.29, 1.82) is 0 Å². The molecular weight excluding hydrogens is 276 g/mol. The van der Waals surface area contributed by atoms with E-state index in [4.69, 9.17) is 16.6 Å². The highest BCUT2D eigenvalue weighted by Crippen LogP contribution is 2.17. The highest BCUT2D eigenvalue weighted by Gasteiger charge is 2.35. The second-order valence-electron chi connectivity index (χ2n) is 5.13. The van der Waals surface area contributed by atoms with Crippen LogP contribution in [0, 0.1) is 0 Å². The molecule has 0 saturated carbocycles. The first kappa shape index (κ1) is 17.4. The molecule has 1 saturated heterocycles. The van der Waals surface area contributed by atoms with E-state index in [0.717, 1.165) is 6.42 Å². The molecule has 0 aromatic rings. The number of rotatable bonds is 8. The molecule has 0 unspecified atom stereocenters. The molecule has 2 amide bonds. The number of carboxylic acids is 1. The van der Waals surface area contributed by atoms with Crippen molar-refractivity contribution < 1.29 is 19.5 Å². The third-order valence-corrected chi connectivity index (χ3v) is 3.61. The molecule has 0 aliphatic carbocycles. The maximum atomic E-state index is 12.2. The third-order valence-electron chi connectivity index (χ3n) is 3.61. The maximum absolute atomic E-state index is 12.2. The lowest BCUT2D eigenvalue weighted by Gasteiger charge is -2.25. The number of carbonyl (C=O) groups excluding carboxylic acids is 2. The van der Waals surface area contributed by atoms with Gasteiger partial charge in [-0.1, -0.05) is 0 Å². The van der Waals surface area contributed by atoms with E-state index in [9.17, 15) is 14.4 Å². The van der Waals surface area contributed by atoms with Gasteiger partial charge in [0.05, 0.1) is 6.54 Å². The Morgan fingerprint density at radius 3 is 2.57 bits per heavy atom. The van der Waals surface area contributed by atoms with Gasteiger partial charge in [-0.15, -0.1) is 0 Å². The molecule has 120 valence electrons. The van der Waals surface area contributed by atoms with Crippen LogP contribution in [0.4, 0.5) is 0 Å². The van der Waals surface area contributed by atoms with Gasteiger partial charge in [0.2, 0.25) is 11.8 Å². The molecule has 8 nitrogen and oxygen atoms in total. The Hall–Kier alpha value is -1.67. The number of likely N-dealkylation sites (tertiary alicyclic amines) is 1. The quantitative estimate of drug-likeness (QED) is 0.408. The van der Waals surface area contributed by atoms with Gasteiger partial charge in [0.15, 0.2) is 0 Å². The molecule has 6 N–H and O–H groups in total.